The molecule has 6 heteroatoms. The van der Waals surface area contributed by atoms with E-state index in [1.165, 1.54) is 30.6 Å². The first-order valence-electron chi connectivity index (χ1n) is 7.91. The monoisotopic (exact) mass is 378 g/mol. The van der Waals surface area contributed by atoms with E-state index in [0.29, 0.717) is 16.0 Å². The van der Waals surface area contributed by atoms with Crippen LogP contribution in [0.25, 0.3) is 0 Å². The maximum absolute atomic E-state index is 13.2. The second-order valence-electron chi connectivity index (χ2n) is 5.64. The van der Waals surface area contributed by atoms with Gasteiger partial charge in [0.2, 0.25) is 0 Å². The second-order valence-corrected chi connectivity index (χ2v) is 7.67. The fourth-order valence-electron chi connectivity index (χ4n) is 2.25. The Morgan fingerprint density at radius 2 is 1.74 bits per heavy atom. The van der Waals surface area contributed by atoms with Crippen LogP contribution in [0.2, 0.25) is 0 Å². The topological polar surface area (TPSA) is 59.1 Å². The van der Waals surface area contributed by atoms with Crippen LogP contribution in [0.15, 0.2) is 78.0 Å². The minimum absolute atomic E-state index is 0.202. The lowest BCUT2D eigenvalue weighted by Crippen LogP contribution is -2.30. The highest BCUT2D eigenvalue weighted by atomic mass is 32.2. The Balaban J connectivity index is 1.80. The highest BCUT2D eigenvalue weighted by Gasteiger charge is 2.13. The molecule has 1 atom stereocenters. The third-order valence-electron chi connectivity index (χ3n) is 3.56. The van der Waals surface area contributed by atoms with Gasteiger partial charge in [-0.1, -0.05) is 36.1 Å². The van der Waals surface area contributed by atoms with Crippen LogP contribution in [0.1, 0.15) is 21.5 Å². The van der Waals surface area contributed by atoms with Crippen molar-refractivity contribution in [3.63, 3.8) is 0 Å². The van der Waals surface area contributed by atoms with Crippen LogP contribution < -0.4 is 4.72 Å². The molecule has 0 aliphatic heterocycles. The summed E-state index contributed by atoms with van der Waals surface area (Å²) in [4.78, 5) is 16.8. The molecule has 1 aromatic heterocycles. The summed E-state index contributed by atoms with van der Waals surface area (Å²) in [5.74, 6) is 8.32. The zero-order valence-electron chi connectivity index (χ0n) is 14.2. The van der Waals surface area contributed by atoms with Crippen LogP contribution in [-0.2, 0) is 9.71 Å². The molecule has 134 valence electrons. The molecule has 1 unspecified atom stereocenters. The summed E-state index contributed by atoms with van der Waals surface area (Å²) < 4.78 is 28.3. The van der Waals surface area contributed by atoms with E-state index in [0.717, 1.165) is 0 Å². The number of pyridine rings is 1. The summed E-state index contributed by atoms with van der Waals surface area (Å²) in [7, 11) is -2.99. The molecule has 0 fully saturated rings. The summed E-state index contributed by atoms with van der Waals surface area (Å²) in [6, 6.07) is 15.9. The fraction of sp³-hybridized carbons (Fsp3) is 0. The lowest BCUT2D eigenvalue weighted by molar-refractivity contribution is 0.0982. The predicted octanol–water partition coefficient (Wildman–Crippen LogP) is 3.04. The van der Waals surface area contributed by atoms with Gasteiger partial charge in [0, 0.05) is 28.4 Å². The number of carbonyl (C=O) groups is 1. The van der Waals surface area contributed by atoms with E-state index in [2.05, 4.69) is 27.4 Å². The molecule has 27 heavy (non-hydrogen) atoms. The van der Waals surface area contributed by atoms with Gasteiger partial charge in [-0.05, 0) is 42.3 Å². The Bertz CT molecular complexity index is 1150. The molecule has 3 rings (SSSR count). The van der Waals surface area contributed by atoms with E-state index in [4.69, 9.17) is 0 Å². The van der Waals surface area contributed by atoms with Gasteiger partial charge in [-0.3, -0.25) is 14.5 Å². The Labute approximate surface area is 157 Å². The molecule has 0 spiro atoms. The average Bonchev–Trinajstić information content (AvgIpc) is 2.67. The van der Waals surface area contributed by atoms with Gasteiger partial charge in [0.25, 0.3) is 5.91 Å². The number of carbonyl (C=O) groups excluding carboxylic acids is 1. The molecule has 0 radical (unpaired) electrons. The number of halogens is 1. The number of nitrogens with zero attached hydrogens (tertiary/aromatic N) is 1. The van der Waals surface area contributed by atoms with E-state index in [1.807, 2.05) is 0 Å². The van der Waals surface area contributed by atoms with E-state index in [9.17, 15) is 13.4 Å². The van der Waals surface area contributed by atoms with Gasteiger partial charge in [-0.15, -0.1) is 0 Å². The summed E-state index contributed by atoms with van der Waals surface area (Å²) in [5.41, 5.74) is 1.19. The zero-order chi connectivity index (χ0) is 19.3. The first-order chi connectivity index (χ1) is 12.9. The third kappa shape index (κ3) is 4.81. The Morgan fingerprint density at radius 3 is 2.48 bits per heavy atom. The smallest absolute Gasteiger partial charge is 0.264 e. The molecule has 3 aromatic rings. The molecule has 1 heterocycles. The summed E-state index contributed by atoms with van der Waals surface area (Å²) in [6.07, 6.45) is 2.84. The summed E-state index contributed by atoms with van der Waals surface area (Å²) >= 11 is 0. The molecule has 4 nitrogen and oxygen atoms in total. The standard InChI is InChI=1S/C21H15FN2O2S/c1-27(26,20-8-3-2-4-9-20)24-21(25)18-12-17(14-23-15-18)11-10-16-6-5-7-19(22)13-16/h2-9,12-15H,1H2,(H,24,25,26). The van der Waals surface area contributed by atoms with Gasteiger partial charge in [-0.25, -0.2) is 8.60 Å². The van der Waals surface area contributed by atoms with Gasteiger partial charge in [0.05, 0.1) is 15.3 Å². The van der Waals surface area contributed by atoms with Crippen LogP contribution >= 0.6 is 0 Å². The van der Waals surface area contributed by atoms with Crippen molar-refractivity contribution >= 4 is 21.5 Å². The Kier molecular flexibility index (Phi) is 5.34. The molecule has 1 amide bonds. The minimum atomic E-state index is -2.99. The van der Waals surface area contributed by atoms with Gasteiger partial charge < -0.3 is 0 Å². The lowest BCUT2D eigenvalue weighted by atomic mass is 10.1. The van der Waals surface area contributed by atoms with Crippen LogP contribution in [0.5, 0.6) is 0 Å². The van der Waals surface area contributed by atoms with Crippen molar-refractivity contribution in [1.29, 1.82) is 0 Å². The highest BCUT2D eigenvalue weighted by Crippen LogP contribution is 2.09. The maximum Gasteiger partial charge on any atom is 0.264 e. The maximum atomic E-state index is 13.2. The fourth-order valence-corrected chi connectivity index (χ4v) is 3.38. The van der Waals surface area contributed by atoms with Crippen molar-refractivity contribution < 1.29 is 13.4 Å². The Morgan fingerprint density at radius 1 is 1.00 bits per heavy atom. The van der Waals surface area contributed by atoms with Gasteiger partial charge in [0.15, 0.2) is 0 Å². The SMILES string of the molecule is C=S(=O)(NC(=O)c1cncc(C#Cc2cccc(F)c2)c1)c1ccccc1. The first-order valence-corrected chi connectivity index (χ1v) is 9.64. The molecule has 0 saturated carbocycles. The van der Waals surface area contributed by atoms with Gasteiger partial charge in [-0.2, -0.15) is 0 Å². The lowest BCUT2D eigenvalue weighted by Gasteiger charge is -2.11. The number of aromatic nitrogens is 1. The number of amides is 1. The molecule has 1 N–H and O–H groups in total. The van der Waals surface area contributed by atoms with E-state index in [1.54, 1.807) is 42.5 Å². The molecule has 0 bridgehead atoms. The summed E-state index contributed by atoms with van der Waals surface area (Å²) in [5, 5.41) is 0. The minimum Gasteiger partial charge on any atom is -0.275 e. The van der Waals surface area contributed by atoms with E-state index < -0.39 is 15.6 Å². The van der Waals surface area contributed by atoms with Gasteiger partial charge in [0.1, 0.15) is 5.82 Å². The third-order valence-corrected chi connectivity index (χ3v) is 5.11. The number of nitrogens with one attached hydrogen (secondary N) is 1. The first kappa shape index (κ1) is 18.4. The van der Waals surface area contributed by atoms with Crippen LogP contribution in [0, 0.1) is 17.7 Å². The van der Waals surface area contributed by atoms with E-state index in [-0.39, 0.29) is 11.4 Å². The Hall–Kier alpha value is -3.43. The van der Waals surface area contributed by atoms with Crippen molar-refractivity contribution in [1.82, 2.24) is 9.71 Å². The van der Waals surface area contributed by atoms with E-state index >= 15 is 0 Å². The largest absolute Gasteiger partial charge is 0.275 e. The van der Waals surface area contributed by atoms with Gasteiger partial charge >= 0.3 is 0 Å². The number of hydrogen-bond donors (Lipinski definition) is 1. The van der Waals surface area contributed by atoms with Crippen molar-refractivity contribution in [3.8, 4) is 11.8 Å². The zero-order valence-corrected chi connectivity index (χ0v) is 15.0. The molecule has 0 saturated heterocycles. The number of hydrogen-bond acceptors (Lipinski definition) is 3. The average molecular weight is 378 g/mol. The van der Waals surface area contributed by atoms with Crippen LogP contribution in [-0.4, -0.2) is 21.0 Å². The van der Waals surface area contributed by atoms with Crippen LogP contribution in [0.4, 0.5) is 4.39 Å². The quantitative estimate of drug-likeness (QED) is 0.563. The number of benzene rings is 2. The van der Waals surface area contributed by atoms with Crippen molar-refractivity contribution in [2.75, 3.05) is 0 Å². The van der Waals surface area contributed by atoms with Crippen molar-refractivity contribution in [2.24, 2.45) is 0 Å². The highest BCUT2D eigenvalue weighted by molar-refractivity contribution is 7.99. The molecular formula is C21H15FN2O2S. The molecular weight excluding hydrogens is 363 g/mol. The summed E-state index contributed by atoms with van der Waals surface area (Å²) in [6.45, 7) is 0. The normalized spacial score (nSPS) is 12.3. The van der Waals surface area contributed by atoms with Crippen LogP contribution in [0.3, 0.4) is 0 Å². The predicted molar refractivity (Wildman–Crippen MR) is 104 cm³/mol. The number of rotatable bonds is 3. The second kappa shape index (κ2) is 7.85. The van der Waals surface area contributed by atoms with Crippen molar-refractivity contribution in [2.45, 2.75) is 4.90 Å². The molecule has 2 aromatic carbocycles. The van der Waals surface area contributed by atoms with Crippen molar-refractivity contribution in [3.05, 3.63) is 95.6 Å². The molecule has 0 aliphatic rings. The molecule has 0 aliphatic carbocycles.